The monoisotopic (exact) mass is 249 g/mol. The van der Waals surface area contributed by atoms with Gasteiger partial charge in [0.25, 0.3) is 0 Å². The van der Waals surface area contributed by atoms with Crippen LogP contribution in [0.4, 0.5) is 5.69 Å². The Hall–Kier alpha value is -2.48. The minimum absolute atomic E-state index is 0.0690. The topological polar surface area (TPSA) is 29.4 Å². The van der Waals surface area contributed by atoms with Crippen LogP contribution >= 0.6 is 0 Å². The van der Waals surface area contributed by atoms with Crippen LogP contribution in [0.2, 0.25) is 0 Å². The Labute approximate surface area is 113 Å². The molecule has 0 amide bonds. The van der Waals surface area contributed by atoms with Crippen LogP contribution in [0, 0.1) is 0 Å². The van der Waals surface area contributed by atoms with Crippen molar-refractivity contribution in [1.82, 2.24) is 0 Å². The van der Waals surface area contributed by atoms with Gasteiger partial charge in [-0.05, 0) is 42.8 Å². The molecule has 94 valence electrons. The molecule has 0 atom stereocenters. The number of benzene rings is 2. The Bertz CT molecular complexity index is 595. The maximum atomic E-state index is 11.1. The second kappa shape index (κ2) is 6.45. The first kappa shape index (κ1) is 13.0. The van der Waals surface area contributed by atoms with E-state index >= 15 is 0 Å². The van der Waals surface area contributed by atoms with Gasteiger partial charge in [-0.2, -0.15) is 0 Å². The predicted octanol–water partition coefficient (Wildman–Crippen LogP) is 4.30. The molecule has 0 aliphatic rings. The summed E-state index contributed by atoms with van der Waals surface area (Å²) in [6.07, 6.45) is 5.64. The molecule has 2 nitrogen and oxygen atoms in total. The fourth-order valence-corrected chi connectivity index (χ4v) is 1.63. The summed E-state index contributed by atoms with van der Waals surface area (Å²) in [5.74, 6) is 0.0690. The molecule has 0 spiro atoms. The standard InChI is InChI=1S/C17H15NO/c1-14(19)16-9-11-17(12-10-16)18-13-5-8-15-6-3-2-4-7-15/h2-13H,1H3/b8-5-,18-13?. The van der Waals surface area contributed by atoms with Crippen molar-refractivity contribution in [1.29, 1.82) is 0 Å². The first-order valence-electron chi connectivity index (χ1n) is 6.12. The number of hydrogen-bond acceptors (Lipinski definition) is 2. The lowest BCUT2D eigenvalue weighted by Crippen LogP contribution is -1.89. The maximum absolute atomic E-state index is 11.1. The molecule has 2 aromatic carbocycles. The quantitative estimate of drug-likeness (QED) is 0.586. The highest BCUT2D eigenvalue weighted by Crippen LogP contribution is 2.12. The SMILES string of the molecule is CC(=O)c1ccc(N=C/C=C\c2ccccc2)cc1. The van der Waals surface area contributed by atoms with Gasteiger partial charge in [-0.25, -0.2) is 0 Å². The normalized spacial score (nSPS) is 11.2. The van der Waals surface area contributed by atoms with Gasteiger partial charge < -0.3 is 0 Å². The molecule has 0 radical (unpaired) electrons. The van der Waals surface area contributed by atoms with E-state index in [2.05, 4.69) is 4.99 Å². The molecule has 0 unspecified atom stereocenters. The molecular weight excluding hydrogens is 234 g/mol. The van der Waals surface area contributed by atoms with E-state index in [1.807, 2.05) is 54.6 Å². The van der Waals surface area contributed by atoms with Crippen molar-refractivity contribution in [2.75, 3.05) is 0 Å². The number of ketones is 1. The summed E-state index contributed by atoms with van der Waals surface area (Å²) in [6, 6.07) is 17.3. The first-order chi connectivity index (χ1) is 9.25. The summed E-state index contributed by atoms with van der Waals surface area (Å²) in [5, 5.41) is 0. The molecule has 2 aromatic rings. The molecule has 2 heteroatoms. The van der Waals surface area contributed by atoms with Gasteiger partial charge in [0, 0.05) is 11.8 Å². The number of nitrogens with zero attached hydrogens (tertiary/aromatic N) is 1. The van der Waals surface area contributed by atoms with Crippen molar-refractivity contribution >= 4 is 23.8 Å². The van der Waals surface area contributed by atoms with Crippen molar-refractivity contribution < 1.29 is 4.79 Å². The summed E-state index contributed by atoms with van der Waals surface area (Å²) in [5.41, 5.74) is 2.68. The average Bonchev–Trinajstić information content (AvgIpc) is 2.45. The van der Waals surface area contributed by atoms with Crippen LogP contribution in [0.3, 0.4) is 0 Å². The number of allylic oxidation sites excluding steroid dienone is 1. The third kappa shape index (κ3) is 4.03. The van der Waals surface area contributed by atoms with E-state index in [1.54, 1.807) is 25.3 Å². The van der Waals surface area contributed by atoms with E-state index in [4.69, 9.17) is 0 Å². The average molecular weight is 249 g/mol. The molecule has 0 saturated carbocycles. The molecule has 0 bridgehead atoms. The molecule has 0 aromatic heterocycles. The molecule has 0 aliphatic carbocycles. The second-order valence-corrected chi connectivity index (χ2v) is 4.15. The largest absolute Gasteiger partial charge is 0.295 e. The van der Waals surface area contributed by atoms with Gasteiger partial charge in [-0.1, -0.05) is 36.4 Å². The van der Waals surface area contributed by atoms with E-state index in [-0.39, 0.29) is 5.78 Å². The van der Waals surface area contributed by atoms with Crippen LogP contribution in [0.25, 0.3) is 6.08 Å². The fraction of sp³-hybridized carbons (Fsp3) is 0.0588. The lowest BCUT2D eigenvalue weighted by Gasteiger charge is -1.95. The van der Waals surface area contributed by atoms with E-state index in [0.29, 0.717) is 5.56 Å². The summed E-state index contributed by atoms with van der Waals surface area (Å²) in [7, 11) is 0. The summed E-state index contributed by atoms with van der Waals surface area (Å²) in [6.45, 7) is 1.56. The second-order valence-electron chi connectivity index (χ2n) is 4.15. The van der Waals surface area contributed by atoms with Gasteiger partial charge >= 0.3 is 0 Å². The fourth-order valence-electron chi connectivity index (χ4n) is 1.63. The smallest absolute Gasteiger partial charge is 0.159 e. The van der Waals surface area contributed by atoms with Crippen LogP contribution in [0.1, 0.15) is 22.8 Å². The number of rotatable bonds is 4. The first-order valence-corrected chi connectivity index (χ1v) is 6.12. The lowest BCUT2D eigenvalue weighted by atomic mass is 10.1. The number of hydrogen-bond donors (Lipinski definition) is 0. The predicted molar refractivity (Wildman–Crippen MR) is 80.1 cm³/mol. The Morgan fingerprint density at radius 3 is 2.32 bits per heavy atom. The minimum Gasteiger partial charge on any atom is -0.295 e. The summed E-state index contributed by atoms with van der Waals surface area (Å²) in [4.78, 5) is 15.4. The molecule has 0 fully saturated rings. The Morgan fingerprint density at radius 1 is 1.00 bits per heavy atom. The molecular formula is C17H15NO. The van der Waals surface area contributed by atoms with Crippen molar-refractivity contribution in [3.8, 4) is 0 Å². The van der Waals surface area contributed by atoms with Crippen molar-refractivity contribution in [3.05, 3.63) is 71.8 Å². The molecule has 0 heterocycles. The van der Waals surface area contributed by atoms with Gasteiger partial charge in [0.1, 0.15) is 0 Å². The Balaban J connectivity index is 1.99. The Kier molecular flexibility index (Phi) is 4.40. The van der Waals surface area contributed by atoms with E-state index in [9.17, 15) is 4.79 Å². The van der Waals surface area contributed by atoms with E-state index in [1.165, 1.54) is 0 Å². The highest BCUT2D eigenvalue weighted by Gasteiger charge is 1.96. The van der Waals surface area contributed by atoms with Gasteiger partial charge in [0.05, 0.1) is 5.69 Å². The van der Waals surface area contributed by atoms with Gasteiger partial charge in [-0.3, -0.25) is 9.79 Å². The zero-order chi connectivity index (χ0) is 13.5. The lowest BCUT2D eigenvalue weighted by molar-refractivity contribution is 0.101. The van der Waals surface area contributed by atoms with E-state index in [0.717, 1.165) is 11.3 Å². The van der Waals surface area contributed by atoms with Crippen LogP contribution in [0.15, 0.2) is 65.7 Å². The molecule has 2 rings (SSSR count). The zero-order valence-electron chi connectivity index (χ0n) is 10.8. The number of Topliss-reactive ketones (excluding diaryl/α,β-unsaturated/α-hetero) is 1. The summed E-state index contributed by atoms with van der Waals surface area (Å²) < 4.78 is 0. The molecule has 0 saturated heterocycles. The van der Waals surface area contributed by atoms with E-state index < -0.39 is 0 Å². The molecule has 0 aliphatic heterocycles. The zero-order valence-corrected chi connectivity index (χ0v) is 10.8. The van der Waals surface area contributed by atoms with Crippen molar-refractivity contribution in [3.63, 3.8) is 0 Å². The van der Waals surface area contributed by atoms with Gasteiger partial charge in [-0.15, -0.1) is 0 Å². The molecule has 19 heavy (non-hydrogen) atoms. The third-order valence-corrected chi connectivity index (χ3v) is 2.67. The van der Waals surface area contributed by atoms with Crippen LogP contribution < -0.4 is 0 Å². The Morgan fingerprint density at radius 2 is 1.68 bits per heavy atom. The highest BCUT2D eigenvalue weighted by atomic mass is 16.1. The molecule has 0 N–H and O–H groups in total. The minimum atomic E-state index is 0.0690. The summed E-state index contributed by atoms with van der Waals surface area (Å²) >= 11 is 0. The number of carbonyl (C=O) groups is 1. The van der Waals surface area contributed by atoms with Crippen molar-refractivity contribution in [2.45, 2.75) is 6.92 Å². The third-order valence-electron chi connectivity index (χ3n) is 2.67. The highest BCUT2D eigenvalue weighted by molar-refractivity contribution is 5.94. The van der Waals surface area contributed by atoms with Crippen LogP contribution in [0.5, 0.6) is 0 Å². The number of aliphatic imine (C=N–C) groups is 1. The number of carbonyl (C=O) groups excluding carboxylic acids is 1. The maximum Gasteiger partial charge on any atom is 0.159 e. The van der Waals surface area contributed by atoms with Gasteiger partial charge in [0.15, 0.2) is 5.78 Å². The van der Waals surface area contributed by atoms with Crippen molar-refractivity contribution in [2.24, 2.45) is 4.99 Å². The van der Waals surface area contributed by atoms with Gasteiger partial charge in [0.2, 0.25) is 0 Å². The van der Waals surface area contributed by atoms with Crippen LogP contribution in [-0.4, -0.2) is 12.0 Å². The van der Waals surface area contributed by atoms with Crippen LogP contribution in [-0.2, 0) is 0 Å².